The molecule has 7 heteroatoms. The summed E-state index contributed by atoms with van der Waals surface area (Å²) in [4.78, 5) is 14.4. The van der Waals surface area contributed by atoms with E-state index in [1.54, 1.807) is 0 Å². The van der Waals surface area contributed by atoms with Gasteiger partial charge in [0.15, 0.2) is 23.3 Å². The summed E-state index contributed by atoms with van der Waals surface area (Å²) in [7, 11) is 0. The van der Waals surface area contributed by atoms with Crippen molar-refractivity contribution < 1.29 is 22.4 Å². The molecule has 1 aromatic carbocycles. The normalized spacial score (nSPS) is 30.4. The number of rotatable bonds is 2. The van der Waals surface area contributed by atoms with Gasteiger partial charge in [0, 0.05) is 6.54 Å². The smallest absolute Gasteiger partial charge is 0.254 e. The number of halogens is 4. The number of nitrogens with zero attached hydrogens (tertiary/aromatic N) is 1. The highest BCUT2D eigenvalue weighted by Crippen LogP contribution is 2.35. The number of benzene rings is 1. The Morgan fingerprint density at radius 3 is 2.36 bits per heavy atom. The molecule has 22 heavy (non-hydrogen) atoms. The molecule has 0 spiro atoms. The van der Waals surface area contributed by atoms with Crippen molar-refractivity contribution in [2.45, 2.75) is 25.3 Å². The van der Waals surface area contributed by atoms with Crippen LogP contribution in [0.25, 0.3) is 0 Å². The van der Waals surface area contributed by atoms with E-state index in [0.29, 0.717) is 12.6 Å². The van der Waals surface area contributed by atoms with E-state index in [2.05, 4.69) is 10.2 Å². The van der Waals surface area contributed by atoms with Gasteiger partial charge in [0.2, 0.25) is 0 Å². The Kier molecular flexibility index (Phi) is 3.63. The second-order valence-electron chi connectivity index (χ2n) is 6.27. The van der Waals surface area contributed by atoms with Crippen molar-refractivity contribution in [2.24, 2.45) is 5.92 Å². The third kappa shape index (κ3) is 2.37. The van der Waals surface area contributed by atoms with Crippen molar-refractivity contribution in [3.8, 4) is 0 Å². The van der Waals surface area contributed by atoms with Gasteiger partial charge in [-0.15, -0.1) is 0 Å². The fourth-order valence-corrected chi connectivity index (χ4v) is 3.53. The minimum absolute atomic E-state index is 0.236. The first kappa shape index (κ1) is 15.3. The predicted molar refractivity (Wildman–Crippen MR) is 71.3 cm³/mol. The molecule has 0 aliphatic carbocycles. The van der Waals surface area contributed by atoms with Crippen molar-refractivity contribution in [1.29, 1.82) is 0 Å². The summed E-state index contributed by atoms with van der Waals surface area (Å²) in [5.41, 5.74) is -1.39. The lowest BCUT2D eigenvalue weighted by atomic mass is 9.74. The number of hydrogen-bond donors (Lipinski definition) is 1. The second-order valence-corrected chi connectivity index (χ2v) is 6.27. The molecule has 0 saturated carbocycles. The Balaban J connectivity index is 1.86. The first-order valence-corrected chi connectivity index (χ1v) is 7.19. The topological polar surface area (TPSA) is 32.3 Å². The Morgan fingerprint density at radius 2 is 1.82 bits per heavy atom. The van der Waals surface area contributed by atoms with Gasteiger partial charge in [-0.05, 0) is 44.8 Å². The highest BCUT2D eigenvalue weighted by Gasteiger charge is 2.44. The second kappa shape index (κ2) is 5.22. The van der Waals surface area contributed by atoms with Crippen LogP contribution in [0.2, 0.25) is 0 Å². The summed E-state index contributed by atoms with van der Waals surface area (Å²) in [5, 5.41) is 2.68. The molecule has 1 N–H and O–H groups in total. The Hall–Kier alpha value is -1.63. The molecule has 3 heterocycles. The fourth-order valence-electron chi connectivity index (χ4n) is 3.53. The Labute approximate surface area is 125 Å². The van der Waals surface area contributed by atoms with Gasteiger partial charge in [-0.2, -0.15) is 0 Å². The lowest BCUT2D eigenvalue weighted by Gasteiger charge is -2.51. The number of carbonyl (C=O) groups excluding carboxylic acids is 1. The zero-order valence-corrected chi connectivity index (χ0v) is 12.1. The summed E-state index contributed by atoms with van der Waals surface area (Å²) < 4.78 is 53.2. The summed E-state index contributed by atoms with van der Waals surface area (Å²) in [5.74, 6) is -7.82. The molecule has 3 fully saturated rings. The standard InChI is InChI=1S/C15H16F4N2O/c1-15(7-21-4-2-8(15)3-5-21)20-14(22)9-6-10(16)12(18)13(19)11(9)17/h6,8H,2-5,7H2,1H3,(H,20,22). The van der Waals surface area contributed by atoms with E-state index in [1.165, 1.54) is 0 Å². The highest BCUT2D eigenvalue weighted by atomic mass is 19.2. The van der Waals surface area contributed by atoms with Crippen molar-refractivity contribution >= 4 is 5.91 Å². The van der Waals surface area contributed by atoms with E-state index in [4.69, 9.17) is 0 Å². The zero-order chi connectivity index (χ0) is 16.1. The van der Waals surface area contributed by atoms with Crippen LogP contribution in [-0.4, -0.2) is 36.0 Å². The third-order valence-corrected chi connectivity index (χ3v) is 4.79. The maximum absolute atomic E-state index is 13.7. The molecule has 0 radical (unpaired) electrons. The van der Waals surface area contributed by atoms with Gasteiger partial charge in [0.05, 0.1) is 11.1 Å². The zero-order valence-electron chi connectivity index (χ0n) is 12.1. The average Bonchev–Trinajstić information content (AvgIpc) is 2.49. The summed E-state index contributed by atoms with van der Waals surface area (Å²) in [6.45, 7) is 4.35. The Morgan fingerprint density at radius 1 is 1.18 bits per heavy atom. The molecule has 3 nitrogen and oxygen atoms in total. The number of fused-ring (bicyclic) bond motifs is 3. The summed E-state index contributed by atoms with van der Waals surface area (Å²) in [6.07, 6.45) is 1.82. The van der Waals surface area contributed by atoms with Crippen molar-refractivity contribution in [2.75, 3.05) is 19.6 Å². The van der Waals surface area contributed by atoms with E-state index in [9.17, 15) is 22.4 Å². The summed E-state index contributed by atoms with van der Waals surface area (Å²) >= 11 is 0. The molecule has 3 aliphatic heterocycles. The number of piperidine rings is 3. The molecule has 1 aromatic rings. The maximum Gasteiger partial charge on any atom is 0.254 e. The first-order chi connectivity index (χ1) is 10.3. The molecule has 120 valence electrons. The van der Waals surface area contributed by atoms with Gasteiger partial charge in [-0.1, -0.05) is 0 Å². The van der Waals surface area contributed by atoms with Gasteiger partial charge in [0.25, 0.3) is 5.91 Å². The molecule has 0 aromatic heterocycles. The minimum atomic E-state index is -1.97. The molecule has 1 atom stereocenters. The van der Waals surface area contributed by atoms with Crippen molar-refractivity contribution in [3.05, 3.63) is 34.9 Å². The SMILES string of the molecule is CC1(NC(=O)c2cc(F)c(F)c(F)c2F)CN2CCC1CC2. The third-order valence-electron chi connectivity index (χ3n) is 4.79. The fraction of sp³-hybridized carbons (Fsp3) is 0.533. The van der Waals surface area contributed by atoms with Crippen LogP contribution < -0.4 is 5.32 Å². The molecule has 2 bridgehead atoms. The molecular formula is C15H16F4N2O. The predicted octanol–water partition coefficient (Wildman–Crippen LogP) is 2.46. The van der Waals surface area contributed by atoms with Gasteiger partial charge in [-0.25, -0.2) is 17.6 Å². The molecule has 4 rings (SSSR count). The van der Waals surface area contributed by atoms with E-state index >= 15 is 0 Å². The van der Waals surface area contributed by atoms with Crippen LogP contribution in [0.15, 0.2) is 6.07 Å². The van der Waals surface area contributed by atoms with E-state index in [-0.39, 0.29) is 5.92 Å². The van der Waals surface area contributed by atoms with Gasteiger partial charge >= 0.3 is 0 Å². The van der Waals surface area contributed by atoms with Crippen LogP contribution in [0.4, 0.5) is 17.6 Å². The molecule has 3 aliphatic rings. The number of hydrogen-bond acceptors (Lipinski definition) is 2. The van der Waals surface area contributed by atoms with Crippen LogP contribution in [0.3, 0.4) is 0 Å². The number of amides is 1. The van der Waals surface area contributed by atoms with E-state index in [0.717, 1.165) is 25.9 Å². The van der Waals surface area contributed by atoms with Crippen LogP contribution in [0.5, 0.6) is 0 Å². The average molecular weight is 316 g/mol. The van der Waals surface area contributed by atoms with Crippen LogP contribution in [0, 0.1) is 29.2 Å². The molecule has 1 unspecified atom stereocenters. The Bertz CT molecular complexity index is 628. The lowest BCUT2D eigenvalue weighted by molar-refractivity contribution is 0.0166. The first-order valence-electron chi connectivity index (χ1n) is 7.19. The number of carbonyl (C=O) groups is 1. The largest absolute Gasteiger partial charge is 0.345 e. The van der Waals surface area contributed by atoms with Gasteiger partial charge < -0.3 is 10.2 Å². The minimum Gasteiger partial charge on any atom is -0.345 e. The lowest BCUT2D eigenvalue weighted by Crippen LogP contribution is -2.65. The quantitative estimate of drug-likeness (QED) is 0.516. The van der Waals surface area contributed by atoms with Crippen molar-refractivity contribution in [1.82, 2.24) is 10.2 Å². The highest BCUT2D eigenvalue weighted by molar-refractivity contribution is 5.95. The van der Waals surface area contributed by atoms with Gasteiger partial charge in [0.1, 0.15) is 0 Å². The van der Waals surface area contributed by atoms with E-state index < -0.39 is 40.3 Å². The van der Waals surface area contributed by atoms with Crippen LogP contribution in [0.1, 0.15) is 30.1 Å². The van der Waals surface area contributed by atoms with Gasteiger partial charge in [-0.3, -0.25) is 4.79 Å². The van der Waals surface area contributed by atoms with Crippen molar-refractivity contribution in [3.63, 3.8) is 0 Å². The molecule has 3 saturated heterocycles. The number of nitrogens with one attached hydrogen (secondary N) is 1. The molecular weight excluding hydrogens is 300 g/mol. The molecule has 1 amide bonds. The van der Waals surface area contributed by atoms with Crippen LogP contribution in [-0.2, 0) is 0 Å². The maximum atomic E-state index is 13.7. The van der Waals surface area contributed by atoms with Crippen LogP contribution >= 0.6 is 0 Å². The summed E-state index contributed by atoms with van der Waals surface area (Å²) in [6, 6.07) is 0.397. The van der Waals surface area contributed by atoms with E-state index in [1.807, 2.05) is 6.92 Å². The monoisotopic (exact) mass is 316 g/mol.